The second-order valence-electron chi connectivity index (χ2n) is 3.76. The van der Waals surface area contributed by atoms with Crippen LogP contribution in [0.1, 0.15) is 18.5 Å². The summed E-state index contributed by atoms with van der Waals surface area (Å²) in [6.07, 6.45) is 1.67. The molecular weight excluding hydrogens is 250 g/mol. The van der Waals surface area contributed by atoms with Gasteiger partial charge in [0, 0.05) is 23.9 Å². The Balaban J connectivity index is 2.37. The van der Waals surface area contributed by atoms with Gasteiger partial charge in [0.15, 0.2) is 5.16 Å². The SMILES string of the molecule is C[C@H](N)c1cccnc1Sc1nc(N)cc(=O)[nH]1. The zero-order chi connectivity index (χ0) is 13.1. The van der Waals surface area contributed by atoms with Gasteiger partial charge in [-0.3, -0.25) is 4.79 Å². The van der Waals surface area contributed by atoms with Crippen LogP contribution >= 0.6 is 11.8 Å². The first kappa shape index (κ1) is 12.6. The van der Waals surface area contributed by atoms with E-state index in [1.54, 1.807) is 6.20 Å². The van der Waals surface area contributed by atoms with Crippen molar-refractivity contribution in [3.8, 4) is 0 Å². The monoisotopic (exact) mass is 263 g/mol. The van der Waals surface area contributed by atoms with Gasteiger partial charge in [0.2, 0.25) is 0 Å². The Morgan fingerprint density at radius 3 is 2.94 bits per heavy atom. The maximum atomic E-state index is 11.3. The van der Waals surface area contributed by atoms with Gasteiger partial charge in [-0.2, -0.15) is 0 Å². The van der Waals surface area contributed by atoms with Crippen molar-refractivity contribution in [1.82, 2.24) is 15.0 Å². The van der Waals surface area contributed by atoms with E-state index < -0.39 is 0 Å². The highest BCUT2D eigenvalue weighted by Gasteiger charge is 2.10. The van der Waals surface area contributed by atoms with Crippen molar-refractivity contribution in [1.29, 1.82) is 0 Å². The van der Waals surface area contributed by atoms with Crippen molar-refractivity contribution in [3.63, 3.8) is 0 Å². The van der Waals surface area contributed by atoms with Gasteiger partial charge >= 0.3 is 0 Å². The van der Waals surface area contributed by atoms with Gasteiger partial charge in [0.1, 0.15) is 10.8 Å². The Morgan fingerprint density at radius 2 is 2.28 bits per heavy atom. The number of anilines is 1. The molecule has 2 aromatic heterocycles. The van der Waals surface area contributed by atoms with Crippen LogP contribution in [0.5, 0.6) is 0 Å². The van der Waals surface area contributed by atoms with Crippen molar-refractivity contribution in [3.05, 3.63) is 40.3 Å². The van der Waals surface area contributed by atoms with Crippen molar-refractivity contribution < 1.29 is 0 Å². The molecule has 0 bridgehead atoms. The Morgan fingerprint density at radius 1 is 1.50 bits per heavy atom. The molecule has 0 saturated heterocycles. The lowest BCUT2D eigenvalue weighted by atomic mass is 10.2. The molecule has 0 spiro atoms. The molecule has 0 aliphatic carbocycles. The van der Waals surface area contributed by atoms with E-state index in [1.165, 1.54) is 17.8 Å². The summed E-state index contributed by atoms with van der Waals surface area (Å²) in [5, 5.41) is 1.11. The smallest absolute Gasteiger partial charge is 0.253 e. The van der Waals surface area contributed by atoms with Crippen molar-refractivity contribution in [2.75, 3.05) is 5.73 Å². The normalized spacial score (nSPS) is 12.3. The summed E-state index contributed by atoms with van der Waals surface area (Å²) < 4.78 is 0. The van der Waals surface area contributed by atoms with E-state index in [0.29, 0.717) is 10.2 Å². The van der Waals surface area contributed by atoms with Crippen LogP contribution in [0.4, 0.5) is 5.82 Å². The zero-order valence-corrected chi connectivity index (χ0v) is 10.6. The number of pyridine rings is 1. The minimum Gasteiger partial charge on any atom is -0.383 e. The molecule has 2 rings (SSSR count). The molecule has 0 fully saturated rings. The lowest BCUT2D eigenvalue weighted by Crippen LogP contribution is -2.10. The number of rotatable bonds is 3. The van der Waals surface area contributed by atoms with Crippen LogP contribution in [0.2, 0.25) is 0 Å². The van der Waals surface area contributed by atoms with Crippen LogP contribution in [0.15, 0.2) is 39.4 Å². The molecule has 0 saturated carbocycles. The standard InChI is InChI=1S/C11H13N5OS/c1-6(12)7-3-2-4-14-10(7)18-11-15-8(13)5-9(17)16-11/h2-6H,12H2,1H3,(H3,13,15,16,17)/t6-/m0/s1. The second-order valence-corrected chi connectivity index (χ2v) is 4.74. The summed E-state index contributed by atoms with van der Waals surface area (Å²) in [5.74, 6) is 0.180. The predicted octanol–water partition coefficient (Wildman–Crippen LogP) is 0.918. The van der Waals surface area contributed by atoms with Crippen molar-refractivity contribution in [2.45, 2.75) is 23.1 Å². The van der Waals surface area contributed by atoms with Crippen molar-refractivity contribution >= 4 is 17.6 Å². The highest BCUT2D eigenvalue weighted by Crippen LogP contribution is 2.28. The molecule has 94 valence electrons. The van der Waals surface area contributed by atoms with Crippen LogP contribution in [0.25, 0.3) is 0 Å². The molecule has 0 radical (unpaired) electrons. The largest absolute Gasteiger partial charge is 0.383 e. The fourth-order valence-electron chi connectivity index (χ4n) is 1.43. The molecule has 2 aromatic rings. The second kappa shape index (κ2) is 5.19. The van der Waals surface area contributed by atoms with Crippen molar-refractivity contribution in [2.24, 2.45) is 5.73 Å². The highest BCUT2D eigenvalue weighted by atomic mass is 32.2. The van der Waals surface area contributed by atoms with Gasteiger partial charge in [0.05, 0.1) is 0 Å². The molecule has 18 heavy (non-hydrogen) atoms. The molecule has 6 nitrogen and oxygen atoms in total. The number of H-pyrrole nitrogens is 1. The molecule has 5 N–H and O–H groups in total. The summed E-state index contributed by atoms with van der Waals surface area (Å²) in [7, 11) is 0. The Bertz CT molecular complexity index is 610. The fraction of sp³-hybridized carbons (Fsp3) is 0.182. The summed E-state index contributed by atoms with van der Waals surface area (Å²) in [6, 6.07) is 4.80. The molecule has 7 heteroatoms. The van der Waals surface area contributed by atoms with E-state index in [2.05, 4.69) is 15.0 Å². The number of hydrogen-bond donors (Lipinski definition) is 3. The number of nitrogens with two attached hydrogens (primary N) is 2. The average Bonchev–Trinajstić information content (AvgIpc) is 2.27. The first-order chi connectivity index (χ1) is 8.56. The third-order valence-corrected chi connectivity index (χ3v) is 3.15. The Kier molecular flexibility index (Phi) is 3.63. The first-order valence-electron chi connectivity index (χ1n) is 5.31. The number of nitrogen functional groups attached to an aromatic ring is 1. The zero-order valence-electron chi connectivity index (χ0n) is 9.75. The van der Waals surface area contributed by atoms with Crippen LogP contribution in [0.3, 0.4) is 0 Å². The van der Waals surface area contributed by atoms with E-state index in [-0.39, 0.29) is 17.4 Å². The number of aromatic nitrogens is 3. The quantitative estimate of drug-likeness (QED) is 0.710. The van der Waals surface area contributed by atoms with E-state index in [4.69, 9.17) is 11.5 Å². The highest BCUT2D eigenvalue weighted by molar-refractivity contribution is 7.99. The lowest BCUT2D eigenvalue weighted by molar-refractivity contribution is 0.778. The summed E-state index contributed by atoms with van der Waals surface area (Å²) >= 11 is 1.23. The van der Waals surface area contributed by atoms with Crippen LogP contribution in [-0.4, -0.2) is 15.0 Å². The van der Waals surface area contributed by atoms with Gasteiger partial charge in [-0.05, 0) is 24.8 Å². The van der Waals surface area contributed by atoms with E-state index in [0.717, 1.165) is 5.56 Å². The number of aromatic amines is 1. The maximum absolute atomic E-state index is 11.3. The minimum atomic E-state index is -0.289. The van der Waals surface area contributed by atoms with E-state index in [9.17, 15) is 4.79 Å². The molecule has 0 aromatic carbocycles. The van der Waals surface area contributed by atoms with E-state index >= 15 is 0 Å². The molecule has 2 heterocycles. The summed E-state index contributed by atoms with van der Waals surface area (Å²) in [5.41, 5.74) is 12.0. The van der Waals surface area contributed by atoms with Crippen LogP contribution < -0.4 is 17.0 Å². The molecule has 0 aliphatic rings. The van der Waals surface area contributed by atoms with Gasteiger partial charge in [-0.15, -0.1) is 0 Å². The molecular formula is C11H13N5OS. The lowest BCUT2D eigenvalue weighted by Gasteiger charge is -2.10. The number of hydrogen-bond acceptors (Lipinski definition) is 6. The third kappa shape index (κ3) is 2.88. The Labute approximate surface area is 108 Å². The first-order valence-corrected chi connectivity index (χ1v) is 6.13. The Hall–Kier alpha value is -1.86. The molecule has 0 unspecified atom stereocenters. The summed E-state index contributed by atoms with van der Waals surface area (Å²) in [4.78, 5) is 22.2. The number of nitrogens with zero attached hydrogens (tertiary/aromatic N) is 2. The molecule has 0 amide bonds. The van der Waals surface area contributed by atoms with Crippen LogP contribution in [-0.2, 0) is 0 Å². The van der Waals surface area contributed by atoms with Gasteiger partial charge < -0.3 is 16.5 Å². The van der Waals surface area contributed by atoms with Gasteiger partial charge in [-0.25, -0.2) is 9.97 Å². The minimum absolute atomic E-state index is 0.144. The summed E-state index contributed by atoms with van der Waals surface area (Å²) in [6.45, 7) is 1.87. The van der Waals surface area contributed by atoms with Gasteiger partial charge in [0.25, 0.3) is 5.56 Å². The topological polar surface area (TPSA) is 111 Å². The van der Waals surface area contributed by atoms with Crippen LogP contribution in [0, 0.1) is 0 Å². The number of nitrogens with one attached hydrogen (secondary N) is 1. The maximum Gasteiger partial charge on any atom is 0.253 e. The molecule has 1 atom stereocenters. The fourth-order valence-corrected chi connectivity index (χ4v) is 2.40. The third-order valence-electron chi connectivity index (χ3n) is 2.22. The van der Waals surface area contributed by atoms with Gasteiger partial charge in [-0.1, -0.05) is 6.07 Å². The average molecular weight is 263 g/mol. The predicted molar refractivity (Wildman–Crippen MR) is 70.2 cm³/mol. The molecule has 0 aliphatic heterocycles. The van der Waals surface area contributed by atoms with E-state index in [1.807, 2.05) is 19.1 Å².